The van der Waals surface area contributed by atoms with E-state index >= 15 is 0 Å². The van der Waals surface area contributed by atoms with Crippen LogP contribution in [0.15, 0.2) is 40.0 Å². The molecule has 2 aromatic rings. The Labute approximate surface area is 260 Å². The molecule has 1 aromatic carbocycles. The molecule has 1 aliphatic rings. The number of ether oxygens (including phenoxy) is 1. The van der Waals surface area contributed by atoms with E-state index in [-0.39, 0.29) is 24.2 Å². The van der Waals surface area contributed by atoms with Gasteiger partial charge < -0.3 is 19.0 Å². The Bertz CT molecular complexity index is 1130. The van der Waals surface area contributed by atoms with Crippen LogP contribution >= 0.6 is 24.2 Å². The highest BCUT2D eigenvalue weighted by molar-refractivity contribution is 7.99. The molecule has 1 N–H and O–H groups in total. The number of nitrogens with one attached hydrogen (secondary N) is 1. The maximum Gasteiger partial charge on any atom is 0.409 e. The molecule has 234 valence electrons. The first-order chi connectivity index (χ1) is 19.4. The minimum absolute atomic E-state index is 0. The fourth-order valence-electron chi connectivity index (χ4n) is 5.12. The normalized spacial score (nSPS) is 15.5. The Kier molecular flexibility index (Phi) is 13.8. The van der Waals surface area contributed by atoms with E-state index in [9.17, 15) is 14.4 Å². The number of carbonyl (C=O) groups is 3. The van der Waals surface area contributed by atoms with E-state index in [4.69, 9.17) is 9.15 Å². The van der Waals surface area contributed by atoms with Crippen molar-refractivity contribution in [1.29, 1.82) is 0 Å². The highest BCUT2D eigenvalue weighted by atomic mass is 35.5. The minimum Gasteiger partial charge on any atom is -0.444 e. The van der Waals surface area contributed by atoms with Crippen LogP contribution in [0, 0.1) is 5.92 Å². The summed E-state index contributed by atoms with van der Waals surface area (Å²) in [5.41, 5.74) is -0.510. The second kappa shape index (κ2) is 16.3. The van der Waals surface area contributed by atoms with Crippen LogP contribution in [0.5, 0.6) is 0 Å². The van der Waals surface area contributed by atoms with Gasteiger partial charge in [0.15, 0.2) is 0 Å². The van der Waals surface area contributed by atoms with Crippen LogP contribution in [0.4, 0.5) is 4.79 Å². The van der Waals surface area contributed by atoms with Gasteiger partial charge in [-0.25, -0.2) is 4.79 Å². The molecule has 0 aliphatic heterocycles. The van der Waals surface area contributed by atoms with Crippen LogP contribution in [-0.2, 0) is 16.1 Å². The van der Waals surface area contributed by atoms with E-state index in [1.807, 2.05) is 39.1 Å². The molecule has 2 amide bonds. The molecule has 1 unspecified atom stereocenters. The number of ketones is 1. The molecule has 0 bridgehead atoms. The largest absolute Gasteiger partial charge is 0.444 e. The van der Waals surface area contributed by atoms with Gasteiger partial charge in [-0.1, -0.05) is 62.4 Å². The van der Waals surface area contributed by atoms with Gasteiger partial charge >= 0.3 is 6.09 Å². The van der Waals surface area contributed by atoms with Crippen molar-refractivity contribution in [3.63, 3.8) is 0 Å². The van der Waals surface area contributed by atoms with Crippen molar-refractivity contribution in [3.05, 3.63) is 41.8 Å². The molecule has 1 heterocycles. The summed E-state index contributed by atoms with van der Waals surface area (Å²) in [5, 5.41) is 11.4. The zero-order valence-corrected chi connectivity index (χ0v) is 27.3. The third-order valence-electron chi connectivity index (χ3n) is 6.97. The van der Waals surface area contributed by atoms with Crippen LogP contribution in [0.2, 0.25) is 0 Å². The number of nitrogens with zero attached hydrogens (tertiary/aromatic N) is 4. The lowest BCUT2D eigenvalue weighted by atomic mass is 9.85. The van der Waals surface area contributed by atoms with Crippen molar-refractivity contribution in [2.75, 3.05) is 19.3 Å². The van der Waals surface area contributed by atoms with Gasteiger partial charge in [0.2, 0.25) is 12.2 Å². The van der Waals surface area contributed by atoms with Crippen molar-refractivity contribution in [1.82, 2.24) is 25.3 Å². The number of aromatic nitrogens is 2. The summed E-state index contributed by atoms with van der Waals surface area (Å²) < 4.78 is 11.3. The summed E-state index contributed by atoms with van der Waals surface area (Å²) in [6, 6.07) is 9.36. The number of carbonyl (C=O) groups excluding carboxylic acids is 3. The average Bonchev–Trinajstić information content (AvgIpc) is 3.36. The van der Waals surface area contributed by atoms with Crippen LogP contribution < -0.4 is 5.32 Å². The van der Waals surface area contributed by atoms with E-state index in [0.717, 1.165) is 32.4 Å². The molecule has 1 aromatic heterocycles. The Morgan fingerprint density at radius 2 is 1.81 bits per heavy atom. The number of alkyl carbamates (subject to hydrolysis) is 1. The maximum atomic E-state index is 13.8. The molecule has 1 fully saturated rings. The molecule has 0 saturated heterocycles. The van der Waals surface area contributed by atoms with Crippen molar-refractivity contribution >= 4 is 42.5 Å². The van der Waals surface area contributed by atoms with E-state index in [0.29, 0.717) is 36.6 Å². The molecule has 1 atom stereocenters. The molecule has 1 saturated carbocycles. The predicted molar refractivity (Wildman–Crippen MR) is 166 cm³/mol. The summed E-state index contributed by atoms with van der Waals surface area (Å²) >= 11 is 1.39. The van der Waals surface area contributed by atoms with Gasteiger partial charge in [0.25, 0.3) is 11.1 Å². The lowest BCUT2D eigenvalue weighted by Gasteiger charge is -2.47. The number of thioether (sulfide) groups is 1. The number of rotatable bonds is 14. The van der Waals surface area contributed by atoms with Crippen molar-refractivity contribution in [2.45, 2.75) is 102 Å². The molecule has 3 rings (SSSR count). The first-order valence-electron chi connectivity index (χ1n) is 14.4. The lowest BCUT2D eigenvalue weighted by Crippen LogP contribution is -2.65. The molecule has 12 heteroatoms. The van der Waals surface area contributed by atoms with Gasteiger partial charge in [-0.05, 0) is 71.4 Å². The topological polar surface area (TPSA) is 118 Å². The molecular weight excluding hydrogens is 578 g/mol. The second-order valence-electron chi connectivity index (χ2n) is 12.2. The third kappa shape index (κ3) is 10.6. The van der Waals surface area contributed by atoms with E-state index in [2.05, 4.69) is 32.5 Å². The first-order valence-corrected chi connectivity index (χ1v) is 15.4. The predicted octanol–water partition coefficient (Wildman–Crippen LogP) is 5.96. The summed E-state index contributed by atoms with van der Waals surface area (Å²) in [6.07, 6.45) is 4.08. The average molecular weight is 624 g/mol. The smallest absolute Gasteiger partial charge is 0.409 e. The van der Waals surface area contributed by atoms with Gasteiger partial charge in [-0.15, -0.1) is 22.6 Å². The number of hydrogen-bond donors (Lipinski definition) is 1. The maximum absolute atomic E-state index is 13.8. The number of amides is 2. The molecular formula is C30H46ClN5O5S. The van der Waals surface area contributed by atoms with Gasteiger partial charge in [0.1, 0.15) is 17.3 Å². The van der Waals surface area contributed by atoms with Crippen molar-refractivity contribution in [3.8, 4) is 0 Å². The zero-order chi connectivity index (χ0) is 30.0. The fraction of sp³-hybridized carbons (Fsp3) is 0.633. The zero-order valence-electron chi connectivity index (χ0n) is 25.6. The van der Waals surface area contributed by atoms with Gasteiger partial charge in [0, 0.05) is 18.8 Å². The van der Waals surface area contributed by atoms with Crippen molar-refractivity contribution in [2.24, 2.45) is 5.92 Å². The number of hydrogen-bond acceptors (Lipinski definition) is 9. The minimum atomic E-state index is -1.04. The summed E-state index contributed by atoms with van der Waals surface area (Å²) in [6.45, 7) is 10.9. The Morgan fingerprint density at radius 3 is 2.40 bits per heavy atom. The molecule has 10 nitrogen and oxygen atoms in total. The third-order valence-corrected chi connectivity index (χ3v) is 7.76. The van der Waals surface area contributed by atoms with E-state index in [1.165, 1.54) is 22.2 Å². The molecule has 1 aliphatic carbocycles. The van der Waals surface area contributed by atoms with Gasteiger partial charge in [0.05, 0.1) is 0 Å². The van der Waals surface area contributed by atoms with Crippen LogP contribution in [0.25, 0.3) is 0 Å². The summed E-state index contributed by atoms with van der Waals surface area (Å²) in [4.78, 5) is 43.1. The van der Waals surface area contributed by atoms with Crippen LogP contribution in [-0.4, -0.2) is 74.9 Å². The number of Topliss-reactive ketones (excluding diaryl/α,β-unsaturated/α-hetero) is 1. The highest BCUT2D eigenvalue weighted by Crippen LogP contribution is 2.35. The molecule has 42 heavy (non-hydrogen) atoms. The Morgan fingerprint density at radius 1 is 1.14 bits per heavy atom. The monoisotopic (exact) mass is 623 g/mol. The van der Waals surface area contributed by atoms with Crippen molar-refractivity contribution < 1.29 is 23.5 Å². The SMILES string of the molecule is CC(C)CC(C(=O)c1nnc(SCCN(C)Cc2ccccc2)o1)N(C=O)C1(NC(=O)OC(C)(C)C)CCCCC1.Cl. The first kappa shape index (κ1) is 35.6. The van der Waals surface area contributed by atoms with Gasteiger partial charge in [-0.3, -0.25) is 14.9 Å². The van der Waals surface area contributed by atoms with E-state index in [1.54, 1.807) is 20.8 Å². The van der Waals surface area contributed by atoms with Crippen LogP contribution in [0.3, 0.4) is 0 Å². The van der Waals surface area contributed by atoms with E-state index < -0.39 is 29.2 Å². The van der Waals surface area contributed by atoms with Gasteiger partial charge in [-0.2, -0.15) is 0 Å². The quantitative estimate of drug-likeness (QED) is 0.118. The number of benzene rings is 1. The summed E-state index contributed by atoms with van der Waals surface area (Å²) in [7, 11) is 2.05. The molecule has 0 spiro atoms. The number of halogens is 1. The second-order valence-corrected chi connectivity index (χ2v) is 13.2. The summed E-state index contributed by atoms with van der Waals surface area (Å²) in [5.74, 6) is 0.233. The highest BCUT2D eigenvalue weighted by Gasteiger charge is 2.46. The fourth-order valence-corrected chi connectivity index (χ4v) is 5.93. The molecule has 0 radical (unpaired) electrons. The standard InChI is InChI=1S/C30H45N5O5S.ClH/c1-22(2)19-24(35(21-36)30(15-11-8-12-16-30)31-27(38)40-29(3,4)5)25(37)26-32-33-28(39-26)41-18-17-34(6)20-23-13-9-7-10-14-23;/h7,9-10,13-14,21-22,24H,8,11-12,15-20H2,1-6H3,(H,31,38);1H. The lowest BCUT2D eigenvalue weighted by molar-refractivity contribution is -0.130. The Balaban J connectivity index is 0.00000616. The Hall–Kier alpha value is -2.63. The van der Waals surface area contributed by atoms with Crippen LogP contribution in [0.1, 0.15) is 89.4 Å².